The first-order chi connectivity index (χ1) is 13.6. The van der Waals surface area contributed by atoms with Crippen LogP contribution in [0.15, 0.2) is 102 Å². The zero-order valence-electron chi connectivity index (χ0n) is 16.5. The van der Waals surface area contributed by atoms with Crippen molar-refractivity contribution in [2.45, 2.75) is 26.7 Å². The van der Waals surface area contributed by atoms with Crippen LogP contribution in [-0.4, -0.2) is 5.90 Å². The van der Waals surface area contributed by atoms with Crippen LogP contribution in [0.5, 0.6) is 11.5 Å². The molecule has 3 rings (SSSR count). The predicted octanol–water partition coefficient (Wildman–Crippen LogP) is 6.90. The lowest BCUT2D eigenvalue weighted by Gasteiger charge is -2.11. The zero-order valence-corrected chi connectivity index (χ0v) is 16.5. The highest BCUT2D eigenvalue weighted by atomic mass is 16.5. The van der Waals surface area contributed by atoms with E-state index in [0.29, 0.717) is 11.8 Å². The summed E-state index contributed by atoms with van der Waals surface area (Å²) in [6.07, 6.45) is 1.68. The molecule has 0 saturated heterocycles. The van der Waals surface area contributed by atoms with Gasteiger partial charge in [-0.1, -0.05) is 62.4 Å². The van der Waals surface area contributed by atoms with Gasteiger partial charge in [-0.25, -0.2) is 4.99 Å². The first kappa shape index (κ1) is 19.4. The lowest BCUT2D eigenvalue weighted by atomic mass is 10.0. The molecule has 0 radical (unpaired) electrons. The lowest BCUT2D eigenvalue weighted by molar-refractivity contribution is 0.473. The van der Waals surface area contributed by atoms with Crippen LogP contribution >= 0.6 is 0 Å². The van der Waals surface area contributed by atoms with Crippen molar-refractivity contribution in [2.24, 2.45) is 4.99 Å². The summed E-state index contributed by atoms with van der Waals surface area (Å²) in [6.45, 7) is 6.27. The van der Waals surface area contributed by atoms with E-state index >= 15 is 0 Å². The Morgan fingerprint density at radius 1 is 0.786 bits per heavy atom. The van der Waals surface area contributed by atoms with E-state index in [1.165, 1.54) is 5.56 Å². The molecule has 0 aromatic heterocycles. The van der Waals surface area contributed by atoms with Crippen LogP contribution in [0.2, 0.25) is 0 Å². The van der Waals surface area contributed by atoms with Crippen LogP contribution in [0.4, 0.5) is 5.69 Å². The zero-order chi connectivity index (χ0) is 19.8. The molecule has 3 aromatic rings. The minimum absolute atomic E-state index is 0.496. The monoisotopic (exact) mass is 371 g/mol. The van der Waals surface area contributed by atoms with Gasteiger partial charge in [0.1, 0.15) is 11.5 Å². The van der Waals surface area contributed by atoms with Crippen LogP contribution in [0, 0.1) is 0 Å². The summed E-state index contributed by atoms with van der Waals surface area (Å²) < 4.78 is 11.9. The van der Waals surface area contributed by atoms with Crippen molar-refractivity contribution in [1.29, 1.82) is 0 Å². The highest BCUT2D eigenvalue weighted by molar-refractivity contribution is 5.96. The van der Waals surface area contributed by atoms with Crippen molar-refractivity contribution in [2.75, 3.05) is 0 Å². The molecule has 3 nitrogen and oxygen atoms in total. The fourth-order valence-electron chi connectivity index (χ4n) is 2.55. The fourth-order valence-corrected chi connectivity index (χ4v) is 2.55. The van der Waals surface area contributed by atoms with Crippen LogP contribution in [0.3, 0.4) is 0 Å². The first-order valence-electron chi connectivity index (χ1n) is 9.42. The Bertz CT molecular complexity index is 927. The Labute approximate surface area is 167 Å². The van der Waals surface area contributed by atoms with Gasteiger partial charge < -0.3 is 9.47 Å². The first-order valence-corrected chi connectivity index (χ1v) is 9.42. The SMILES string of the molecule is CC(=C\Oc1ccc(C(C)C)cc1)/C(=N/c1ccccc1)Oc1ccccc1. The summed E-state index contributed by atoms with van der Waals surface area (Å²) in [5.74, 6) is 2.50. The third kappa shape index (κ3) is 5.58. The number of rotatable bonds is 6. The van der Waals surface area contributed by atoms with Gasteiger partial charge in [-0.15, -0.1) is 0 Å². The number of aliphatic imine (C=N–C) groups is 1. The van der Waals surface area contributed by atoms with Gasteiger partial charge in [0.25, 0.3) is 0 Å². The molecule has 3 aromatic carbocycles. The number of hydrogen-bond acceptors (Lipinski definition) is 3. The lowest BCUT2D eigenvalue weighted by Crippen LogP contribution is -2.10. The van der Waals surface area contributed by atoms with Crippen molar-refractivity contribution in [3.8, 4) is 11.5 Å². The standard InChI is InChI=1S/C25H25NO2/c1-19(2)21-14-16-23(17-15-21)27-18-20(3)25(26-22-10-6-4-7-11-22)28-24-12-8-5-9-13-24/h4-19H,1-3H3/b20-18+,26-25-. The van der Waals surface area contributed by atoms with Gasteiger partial charge in [-0.2, -0.15) is 0 Å². The van der Waals surface area contributed by atoms with Gasteiger partial charge in [0.05, 0.1) is 11.9 Å². The third-order valence-electron chi connectivity index (χ3n) is 4.20. The molecular formula is C25H25NO2. The molecule has 0 aliphatic carbocycles. The minimum atomic E-state index is 0.496. The van der Waals surface area contributed by atoms with E-state index in [1.807, 2.05) is 79.7 Å². The molecule has 28 heavy (non-hydrogen) atoms. The summed E-state index contributed by atoms with van der Waals surface area (Å²) >= 11 is 0. The third-order valence-corrected chi connectivity index (χ3v) is 4.20. The molecule has 0 aliphatic rings. The minimum Gasteiger partial charge on any atom is -0.465 e. The Hall–Kier alpha value is -3.33. The molecular weight excluding hydrogens is 346 g/mol. The molecule has 0 spiro atoms. The quantitative estimate of drug-likeness (QED) is 0.268. The number of hydrogen-bond donors (Lipinski definition) is 0. The summed E-state index contributed by atoms with van der Waals surface area (Å²) in [6, 6.07) is 27.5. The average Bonchev–Trinajstić information content (AvgIpc) is 2.73. The molecule has 142 valence electrons. The number of nitrogens with zero attached hydrogens (tertiary/aromatic N) is 1. The van der Waals surface area contributed by atoms with E-state index in [9.17, 15) is 0 Å². The molecule has 0 heterocycles. The van der Waals surface area contributed by atoms with Crippen molar-refractivity contribution in [1.82, 2.24) is 0 Å². The molecule has 0 unspecified atom stereocenters. The maximum absolute atomic E-state index is 6.02. The van der Waals surface area contributed by atoms with Gasteiger partial charge in [-0.3, -0.25) is 0 Å². The maximum Gasteiger partial charge on any atom is 0.225 e. The highest BCUT2D eigenvalue weighted by Gasteiger charge is 2.08. The van der Waals surface area contributed by atoms with Crippen LogP contribution in [0.1, 0.15) is 32.3 Å². The van der Waals surface area contributed by atoms with Gasteiger partial charge >= 0.3 is 0 Å². The van der Waals surface area contributed by atoms with E-state index in [0.717, 1.165) is 22.8 Å². The van der Waals surface area contributed by atoms with Gasteiger partial charge in [0.15, 0.2) is 0 Å². The summed E-state index contributed by atoms with van der Waals surface area (Å²) in [5, 5.41) is 0. The Morgan fingerprint density at radius 3 is 2.00 bits per heavy atom. The van der Waals surface area contributed by atoms with E-state index in [2.05, 4.69) is 31.0 Å². The topological polar surface area (TPSA) is 30.8 Å². The molecule has 0 bridgehead atoms. The molecule has 0 fully saturated rings. The van der Waals surface area contributed by atoms with Crippen LogP contribution in [-0.2, 0) is 0 Å². The van der Waals surface area contributed by atoms with Crippen molar-refractivity contribution < 1.29 is 9.47 Å². The number of para-hydroxylation sites is 2. The van der Waals surface area contributed by atoms with Gasteiger partial charge in [-0.05, 0) is 54.8 Å². The highest BCUT2D eigenvalue weighted by Crippen LogP contribution is 2.20. The number of ether oxygens (including phenoxy) is 2. The predicted molar refractivity (Wildman–Crippen MR) is 116 cm³/mol. The Kier molecular flexibility index (Phi) is 6.64. The Morgan fingerprint density at radius 2 is 1.39 bits per heavy atom. The van der Waals surface area contributed by atoms with E-state index in [4.69, 9.17) is 9.47 Å². The second-order valence-electron chi connectivity index (χ2n) is 6.81. The van der Waals surface area contributed by atoms with E-state index in [-0.39, 0.29) is 0 Å². The summed E-state index contributed by atoms with van der Waals surface area (Å²) in [5.41, 5.74) is 2.90. The molecule has 0 atom stereocenters. The van der Waals surface area contributed by atoms with Gasteiger partial charge in [0.2, 0.25) is 5.90 Å². The summed E-state index contributed by atoms with van der Waals surface area (Å²) in [4.78, 5) is 4.65. The van der Waals surface area contributed by atoms with Crippen LogP contribution < -0.4 is 9.47 Å². The van der Waals surface area contributed by atoms with Crippen LogP contribution in [0.25, 0.3) is 0 Å². The molecule has 0 amide bonds. The van der Waals surface area contributed by atoms with Crippen molar-refractivity contribution in [3.63, 3.8) is 0 Å². The molecule has 0 aliphatic heterocycles. The number of benzene rings is 3. The molecule has 0 saturated carbocycles. The molecule has 3 heteroatoms. The second-order valence-corrected chi connectivity index (χ2v) is 6.81. The van der Waals surface area contributed by atoms with Crippen molar-refractivity contribution >= 4 is 11.6 Å². The second kappa shape index (κ2) is 9.56. The Balaban J connectivity index is 1.82. The van der Waals surface area contributed by atoms with Crippen molar-refractivity contribution in [3.05, 3.63) is 102 Å². The fraction of sp³-hybridized carbons (Fsp3) is 0.160. The normalized spacial score (nSPS) is 12.1. The largest absolute Gasteiger partial charge is 0.465 e. The van der Waals surface area contributed by atoms with Gasteiger partial charge in [0, 0.05) is 5.57 Å². The molecule has 0 N–H and O–H groups in total. The smallest absolute Gasteiger partial charge is 0.225 e. The average molecular weight is 371 g/mol. The van der Waals surface area contributed by atoms with E-state index < -0.39 is 0 Å². The maximum atomic E-state index is 6.02. The summed E-state index contributed by atoms with van der Waals surface area (Å²) in [7, 11) is 0. The van der Waals surface area contributed by atoms with E-state index in [1.54, 1.807) is 6.26 Å².